The van der Waals surface area contributed by atoms with Crippen molar-refractivity contribution in [1.82, 2.24) is 15.0 Å². The molecule has 0 radical (unpaired) electrons. The van der Waals surface area contributed by atoms with E-state index in [0.29, 0.717) is 11.3 Å². The van der Waals surface area contributed by atoms with E-state index < -0.39 is 11.7 Å². The minimum atomic E-state index is -0.460. The number of aryl methyl sites for hydroxylation is 1. The van der Waals surface area contributed by atoms with Crippen molar-refractivity contribution in [3.8, 4) is 11.1 Å². The predicted molar refractivity (Wildman–Crippen MR) is 88.8 cm³/mol. The van der Waals surface area contributed by atoms with Crippen LogP contribution in [0.15, 0.2) is 49.1 Å². The zero-order valence-corrected chi connectivity index (χ0v) is 12.8. The van der Waals surface area contributed by atoms with Crippen LogP contribution in [0.25, 0.3) is 11.1 Å². The van der Waals surface area contributed by atoms with Crippen LogP contribution in [-0.4, -0.2) is 20.9 Å². The third kappa shape index (κ3) is 3.19. The minimum Gasteiger partial charge on any atom is -0.382 e. The highest BCUT2D eigenvalue weighted by Gasteiger charge is 2.14. The fourth-order valence-corrected chi connectivity index (χ4v) is 2.21. The first-order valence-corrected chi connectivity index (χ1v) is 7.14. The van der Waals surface area contributed by atoms with Crippen molar-refractivity contribution < 1.29 is 9.18 Å². The van der Waals surface area contributed by atoms with E-state index in [9.17, 15) is 9.18 Å². The molecular formula is C17H14FN5O. The second-order valence-corrected chi connectivity index (χ2v) is 5.17. The topological polar surface area (TPSA) is 93.8 Å². The molecule has 0 atom stereocenters. The maximum Gasteiger partial charge on any atom is 0.278 e. The lowest BCUT2D eigenvalue weighted by Gasteiger charge is -2.11. The number of rotatable bonds is 3. The number of carbonyl (C=O) groups excluding carboxylic acids is 1. The fraction of sp³-hybridized carbons (Fsp3) is 0.0588. The van der Waals surface area contributed by atoms with E-state index in [-0.39, 0.29) is 11.5 Å². The predicted octanol–water partition coefficient (Wildman–Crippen LogP) is 2.82. The molecule has 3 N–H and O–H groups in total. The molecule has 0 bridgehead atoms. The number of nitrogen functional groups attached to an aromatic ring is 1. The molecule has 3 aromatic rings. The lowest BCUT2D eigenvalue weighted by Crippen LogP contribution is -2.17. The number of pyridine rings is 1. The van der Waals surface area contributed by atoms with Gasteiger partial charge in [-0.1, -0.05) is 12.1 Å². The summed E-state index contributed by atoms with van der Waals surface area (Å²) in [6, 6.07) is 6.79. The first-order chi connectivity index (χ1) is 11.5. The highest BCUT2D eigenvalue weighted by molar-refractivity contribution is 6.06. The Kier molecular flexibility index (Phi) is 4.15. The number of aromatic nitrogens is 3. The smallest absolute Gasteiger partial charge is 0.278 e. The van der Waals surface area contributed by atoms with Crippen LogP contribution in [0.1, 0.15) is 16.1 Å². The highest BCUT2D eigenvalue weighted by Crippen LogP contribution is 2.26. The van der Waals surface area contributed by atoms with E-state index in [0.717, 1.165) is 17.3 Å². The molecule has 1 amide bonds. The van der Waals surface area contributed by atoms with Crippen LogP contribution in [0.2, 0.25) is 0 Å². The number of carbonyl (C=O) groups is 1. The molecule has 0 unspecified atom stereocenters. The van der Waals surface area contributed by atoms with Gasteiger partial charge in [-0.3, -0.25) is 9.78 Å². The molecule has 0 aliphatic rings. The van der Waals surface area contributed by atoms with Crippen LogP contribution in [0.5, 0.6) is 0 Å². The van der Waals surface area contributed by atoms with Crippen molar-refractivity contribution in [3.63, 3.8) is 0 Å². The Morgan fingerprint density at radius 2 is 1.92 bits per heavy atom. The Morgan fingerprint density at radius 1 is 1.12 bits per heavy atom. The van der Waals surface area contributed by atoms with Gasteiger partial charge in [-0.05, 0) is 30.2 Å². The summed E-state index contributed by atoms with van der Waals surface area (Å²) in [5, 5.41) is 2.76. The van der Waals surface area contributed by atoms with Gasteiger partial charge in [-0.15, -0.1) is 0 Å². The van der Waals surface area contributed by atoms with Crippen molar-refractivity contribution in [2.45, 2.75) is 6.92 Å². The van der Waals surface area contributed by atoms with Crippen molar-refractivity contribution in [2.75, 3.05) is 11.1 Å². The lowest BCUT2D eigenvalue weighted by atomic mass is 10.0. The molecule has 2 heterocycles. The molecule has 24 heavy (non-hydrogen) atoms. The quantitative estimate of drug-likeness (QED) is 0.773. The molecule has 120 valence electrons. The molecule has 0 aliphatic carbocycles. The molecule has 6 nitrogen and oxygen atoms in total. The monoisotopic (exact) mass is 323 g/mol. The molecule has 0 fully saturated rings. The fourth-order valence-electron chi connectivity index (χ4n) is 2.21. The SMILES string of the molecule is Cc1ccc(-c2cncc(F)c2)cc1NC(=O)c1nccnc1N. The van der Waals surface area contributed by atoms with Gasteiger partial charge in [0.05, 0.1) is 6.20 Å². The maximum absolute atomic E-state index is 13.3. The molecule has 7 heteroatoms. The van der Waals surface area contributed by atoms with Crippen molar-refractivity contribution >= 4 is 17.4 Å². The third-order valence-electron chi connectivity index (χ3n) is 3.47. The molecular weight excluding hydrogens is 309 g/mol. The van der Waals surface area contributed by atoms with E-state index in [4.69, 9.17) is 5.73 Å². The summed E-state index contributed by atoms with van der Waals surface area (Å²) in [5.41, 5.74) is 8.49. The number of nitrogens with one attached hydrogen (secondary N) is 1. The van der Waals surface area contributed by atoms with Gasteiger partial charge in [0.2, 0.25) is 0 Å². The Morgan fingerprint density at radius 3 is 2.67 bits per heavy atom. The highest BCUT2D eigenvalue weighted by atomic mass is 19.1. The molecule has 0 aliphatic heterocycles. The van der Waals surface area contributed by atoms with Gasteiger partial charge in [-0.2, -0.15) is 0 Å². The number of anilines is 2. The summed E-state index contributed by atoms with van der Waals surface area (Å²) in [5.74, 6) is -0.831. The molecule has 0 spiro atoms. The van der Waals surface area contributed by atoms with Gasteiger partial charge < -0.3 is 11.1 Å². The summed E-state index contributed by atoms with van der Waals surface area (Å²) < 4.78 is 13.3. The van der Waals surface area contributed by atoms with Gasteiger partial charge in [0.1, 0.15) is 5.82 Å². The Labute approximate surface area is 137 Å². The third-order valence-corrected chi connectivity index (χ3v) is 3.47. The number of hydrogen-bond donors (Lipinski definition) is 2. The van der Waals surface area contributed by atoms with Gasteiger partial charge in [0.15, 0.2) is 11.5 Å². The van der Waals surface area contributed by atoms with E-state index in [2.05, 4.69) is 20.3 Å². The molecule has 2 aromatic heterocycles. The van der Waals surface area contributed by atoms with Crippen LogP contribution in [0.4, 0.5) is 15.9 Å². The lowest BCUT2D eigenvalue weighted by molar-refractivity contribution is 0.102. The summed E-state index contributed by atoms with van der Waals surface area (Å²) >= 11 is 0. The molecule has 0 saturated heterocycles. The Hall–Kier alpha value is -3.35. The summed E-state index contributed by atoms with van der Waals surface area (Å²) in [6.45, 7) is 1.85. The summed E-state index contributed by atoms with van der Waals surface area (Å²) in [4.78, 5) is 23.9. The van der Waals surface area contributed by atoms with Crippen molar-refractivity contribution in [1.29, 1.82) is 0 Å². The van der Waals surface area contributed by atoms with Crippen molar-refractivity contribution in [2.24, 2.45) is 0 Å². The largest absolute Gasteiger partial charge is 0.382 e. The van der Waals surface area contributed by atoms with Crippen LogP contribution in [-0.2, 0) is 0 Å². The number of hydrogen-bond acceptors (Lipinski definition) is 5. The van der Waals surface area contributed by atoms with Crippen LogP contribution in [0.3, 0.4) is 0 Å². The summed E-state index contributed by atoms with van der Waals surface area (Å²) in [6.07, 6.45) is 5.50. The van der Waals surface area contributed by atoms with Gasteiger partial charge in [0, 0.05) is 29.8 Å². The number of benzene rings is 1. The standard InChI is InChI=1S/C17H14FN5O/c1-10-2-3-11(12-6-13(18)9-20-8-12)7-14(10)23-17(24)15-16(19)22-5-4-21-15/h2-9H,1H3,(H2,19,22)(H,23,24). The maximum atomic E-state index is 13.3. The normalized spacial score (nSPS) is 10.4. The average molecular weight is 323 g/mol. The van der Waals surface area contributed by atoms with Gasteiger partial charge in [-0.25, -0.2) is 14.4 Å². The molecule has 3 rings (SSSR count). The average Bonchev–Trinajstić information content (AvgIpc) is 2.57. The van der Waals surface area contributed by atoms with Crippen molar-refractivity contribution in [3.05, 3.63) is 66.1 Å². The number of nitrogens with zero attached hydrogens (tertiary/aromatic N) is 3. The second-order valence-electron chi connectivity index (χ2n) is 5.17. The first kappa shape index (κ1) is 15.5. The van der Waals surface area contributed by atoms with Crippen LogP contribution >= 0.6 is 0 Å². The number of halogens is 1. The minimum absolute atomic E-state index is 0.0507. The van der Waals surface area contributed by atoms with Gasteiger partial charge in [0.25, 0.3) is 5.91 Å². The molecule has 0 saturated carbocycles. The zero-order valence-electron chi connectivity index (χ0n) is 12.8. The van der Waals surface area contributed by atoms with E-state index >= 15 is 0 Å². The zero-order chi connectivity index (χ0) is 17.1. The van der Waals surface area contributed by atoms with Gasteiger partial charge >= 0.3 is 0 Å². The van der Waals surface area contributed by atoms with E-state index in [1.165, 1.54) is 18.5 Å². The van der Waals surface area contributed by atoms with E-state index in [1.807, 2.05) is 19.1 Å². The number of nitrogens with two attached hydrogens (primary N) is 1. The Balaban J connectivity index is 1.92. The number of amides is 1. The summed E-state index contributed by atoms with van der Waals surface area (Å²) in [7, 11) is 0. The van der Waals surface area contributed by atoms with E-state index in [1.54, 1.807) is 12.3 Å². The van der Waals surface area contributed by atoms with Crippen LogP contribution in [0, 0.1) is 12.7 Å². The first-order valence-electron chi connectivity index (χ1n) is 7.14. The van der Waals surface area contributed by atoms with Crippen LogP contribution < -0.4 is 11.1 Å². The second kappa shape index (κ2) is 6.41. The Bertz CT molecular complexity index is 913. The molecule has 1 aromatic carbocycles.